The molecule has 0 fully saturated rings. The SMILES string of the molecule is CCCSc1nc(NCCOC)c2cnn(CCNC(=O)C(CC)c3ccccc3)c2n1. The van der Waals surface area contributed by atoms with Gasteiger partial charge in [-0.2, -0.15) is 5.10 Å². The van der Waals surface area contributed by atoms with Crippen molar-refractivity contribution in [2.75, 3.05) is 37.9 Å². The summed E-state index contributed by atoms with van der Waals surface area (Å²) in [7, 11) is 1.67. The third kappa shape index (κ3) is 6.20. The number of anilines is 1. The molecule has 2 aromatic heterocycles. The van der Waals surface area contributed by atoms with Gasteiger partial charge >= 0.3 is 0 Å². The number of rotatable bonds is 13. The molecule has 0 bridgehead atoms. The van der Waals surface area contributed by atoms with E-state index in [-0.39, 0.29) is 11.8 Å². The quantitative estimate of drug-likeness (QED) is 0.230. The molecule has 0 aliphatic carbocycles. The van der Waals surface area contributed by atoms with Crippen molar-refractivity contribution >= 4 is 34.5 Å². The van der Waals surface area contributed by atoms with E-state index in [9.17, 15) is 4.79 Å². The van der Waals surface area contributed by atoms with Crippen LogP contribution in [0.3, 0.4) is 0 Å². The smallest absolute Gasteiger partial charge is 0.227 e. The van der Waals surface area contributed by atoms with Crippen LogP contribution in [0, 0.1) is 0 Å². The van der Waals surface area contributed by atoms with Gasteiger partial charge < -0.3 is 15.4 Å². The lowest BCUT2D eigenvalue weighted by atomic mass is 9.96. The largest absolute Gasteiger partial charge is 0.383 e. The van der Waals surface area contributed by atoms with Crippen LogP contribution in [0.5, 0.6) is 0 Å². The molecule has 3 aromatic rings. The molecule has 1 unspecified atom stereocenters. The molecule has 172 valence electrons. The number of amides is 1. The fourth-order valence-corrected chi connectivity index (χ4v) is 4.12. The second-order valence-corrected chi connectivity index (χ2v) is 8.45. The van der Waals surface area contributed by atoms with Crippen LogP contribution in [-0.4, -0.2) is 58.2 Å². The van der Waals surface area contributed by atoms with E-state index in [1.165, 1.54) is 0 Å². The molecule has 0 aliphatic heterocycles. The molecule has 0 radical (unpaired) electrons. The molecular formula is C23H32N6O2S. The topological polar surface area (TPSA) is 94.0 Å². The van der Waals surface area contributed by atoms with Gasteiger partial charge in [-0.3, -0.25) is 4.79 Å². The van der Waals surface area contributed by atoms with Crippen LogP contribution in [-0.2, 0) is 16.1 Å². The van der Waals surface area contributed by atoms with Crippen molar-refractivity contribution in [2.45, 2.75) is 44.3 Å². The Kier molecular flexibility index (Phi) is 9.30. The van der Waals surface area contributed by atoms with E-state index in [4.69, 9.17) is 9.72 Å². The lowest BCUT2D eigenvalue weighted by molar-refractivity contribution is -0.122. The van der Waals surface area contributed by atoms with Crippen molar-refractivity contribution in [1.82, 2.24) is 25.1 Å². The molecule has 32 heavy (non-hydrogen) atoms. The van der Waals surface area contributed by atoms with Crippen molar-refractivity contribution < 1.29 is 9.53 Å². The van der Waals surface area contributed by atoms with E-state index < -0.39 is 0 Å². The maximum absolute atomic E-state index is 12.7. The first-order chi connectivity index (χ1) is 15.7. The van der Waals surface area contributed by atoms with Gasteiger partial charge in [0.25, 0.3) is 0 Å². The minimum absolute atomic E-state index is 0.0332. The summed E-state index contributed by atoms with van der Waals surface area (Å²) in [6.45, 7) is 6.42. The number of methoxy groups -OCH3 is 1. The first-order valence-corrected chi connectivity index (χ1v) is 12.1. The number of ether oxygens (including phenoxy) is 1. The van der Waals surface area contributed by atoms with E-state index in [1.54, 1.807) is 25.1 Å². The number of carbonyl (C=O) groups is 1. The number of benzene rings is 1. The summed E-state index contributed by atoms with van der Waals surface area (Å²) in [5.74, 6) is 1.59. The highest BCUT2D eigenvalue weighted by Gasteiger charge is 2.18. The Morgan fingerprint density at radius 1 is 1.19 bits per heavy atom. The zero-order chi connectivity index (χ0) is 22.8. The third-order valence-electron chi connectivity index (χ3n) is 5.06. The van der Waals surface area contributed by atoms with Gasteiger partial charge in [-0.05, 0) is 18.4 Å². The van der Waals surface area contributed by atoms with Crippen LogP contribution in [0.15, 0.2) is 41.7 Å². The molecule has 1 atom stereocenters. The van der Waals surface area contributed by atoms with Gasteiger partial charge in [0.15, 0.2) is 10.8 Å². The molecule has 0 saturated heterocycles. The maximum Gasteiger partial charge on any atom is 0.227 e. The second kappa shape index (κ2) is 12.4. The zero-order valence-electron chi connectivity index (χ0n) is 19.0. The molecule has 0 saturated carbocycles. The number of nitrogens with one attached hydrogen (secondary N) is 2. The first kappa shape index (κ1) is 24.0. The molecule has 1 aromatic carbocycles. The standard InChI is InChI=1S/C23H32N6O2S/c1-4-15-32-23-27-20(24-12-14-31-3)19-16-26-29(21(19)28-23)13-11-25-22(30)18(5-2)17-9-7-6-8-10-17/h6-10,16,18H,4-5,11-15H2,1-3H3,(H,25,30)(H,24,27,28). The van der Waals surface area contributed by atoms with E-state index in [2.05, 4.69) is 27.6 Å². The Morgan fingerprint density at radius 3 is 2.72 bits per heavy atom. The molecule has 2 heterocycles. The van der Waals surface area contributed by atoms with Crippen molar-refractivity contribution in [1.29, 1.82) is 0 Å². The fourth-order valence-electron chi connectivity index (χ4n) is 3.43. The Bertz CT molecular complexity index is 995. The van der Waals surface area contributed by atoms with Gasteiger partial charge in [-0.1, -0.05) is 55.9 Å². The molecule has 1 amide bonds. The van der Waals surface area contributed by atoms with Crippen LogP contribution in [0.4, 0.5) is 5.82 Å². The Balaban J connectivity index is 1.71. The van der Waals surface area contributed by atoms with Crippen LogP contribution in [0.2, 0.25) is 0 Å². The first-order valence-electron chi connectivity index (χ1n) is 11.1. The summed E-state index contributed by atoms with van der Waals surface area (Å²) in [4.78, 5) is 22.1. The molecule has 8 nitrogen and oxygen atoms in total. The minimum Gasteiger partial charge on any atom is -0.383 e. The van der Waals surface area contributed by atoms with Crippen LogP contribution in [0.25, 0.3) is 11.0 Å². The van der Waals surface area contributed by atoms with Crippen LogP contribution < -0.4 is 10.6 Å². The van der Waals surface area contributed by atoms with Gasteiger partial charge in [0, 0.05) is 26.0 Å². The number of hydrogen-bond donors (Lipinski definition) is 2. The van der Waals surface area contributed by atoms with E-state index >= 15 is 0 Å². The van der Waals surface area contributed by atoms with Gasteiger partial charge in [-0.25, -0.2) is 14.6 Å². The van der Waals surface area contributed by atoms with Crippen molar-refractivity contribution in [3.05, 3.63) is 42.1 Å². The maximum atomic E-state index is 12.7. The number of aromatic nitrogens is 4. The van der Waals surface area contributed by atoms with Crippen molar-refractivity contribution in [2.24, 2.45) is 0 Å². The lowest BCUT2D eigenvalue weighted by Gasteiger charge is -2.15. The number of nitrogens with zero attached hydrogens (tertiary/aromatic N) is 4. The van der Waals surface area contributed by atoms with E-state index in [1.807, 2.05) is 41.9 Å². The normalized spacial score (nSPS) is 12.1. The van der Waals surface area contributed by atoms with Crippen molar-refractivity contribution in [3.63, 3.8) is 0 Å². The molecule has 3 rings (SSSR count). The second-order valence-electron chi connectivity index (χ2n) is 7.39. The highest BCUT2D eigenvalue weighted by Crippen LogP contribution is 2.25. The summed E-state index contributed by atoms with van der Waals surface area (Å²) in [6.07, 6.45) is 3.57. The Hall–Kier alpha value is -2.65. The molecular weight excluding hydrogens is 424 g/mol. The summed E-state index contributed by atoms with van der Waals surface area (Å²) in [6, 6.07) is 9.89. The number of hydrogen-bond acceptors (Lipinski definition) is 7. The van der Waals surface area contributed by atoms with Crippen LogP contribution in [0.1, 0.15) is 38.2 Å². The summed E-state index contributed by atoms with van der Waals surface area (Å²) in [5, 5.41) is 12.5. The van der Waals surface area contributed by atoms with Gasteiger partial charge in [0.05, 0.1) is 30.7 Å². The summed E-state index contributed by atoms with van der Waals surface area (Å²) >= 11 is 1.63. The average molecular weight is 457 g/mol. The number of carbonyl (C=O) groups excluding carboxylic acids is 1. The number of thioether (sulfide) groups is 1. The average Bonchev–Trinajstić information content (AvgIpc) is 3.22. The van der Waals surface area contributed by atoms with E-state index in [0.717, 1.165) is 46.2 Å². The Morgan fingerprint density at radius 2 is 2.00 bits per heavy atom. The molecule has 0 spiro atoms. The van der Waals surface area contributed by atoms with Crippen molar-refractivity contribution in [3.8, 4) is 0 Å². The van der Waals surface area contributed by atoms with Gasteiger partial charge in [-0.15, -0.1) is 0 Å². The van der Waals surface area contributed by atoms with E-state index in [0.29, 0.717) is 26.2 Å². The van der Waals surface area contributed by atoms with Gasteiger partial charge in [0.1, 0.15) is 5.82 Å². The zero-order valence-corrected chi connectivity index (χ0v) is 19.8. The third-order valence-corrected chi connectivity index (χ3v) is 6.11. The predicted octanol–water partition coefficient (Wildman–Crippen LogP) is 3.70. The highest BCUT2D eigenvalue weighted by atomic mass is 32.2. The van der Waals surface area contributed by atoms with Gasteiger partial charge in [0.2, 0.25) is 5.91 Å². The minimum atomic E-state index is -0.151. The monoisotopic (exact) mass is 456 g/mol. The summed E-state index contributed by atoms with van der Waals surface area (Å²) in [5.41, 5.74) is 1.80. The number of fused-ring (bicyclic) bond motifs is 1. The summed E-state index contributed by atoms with van der Waals surface area (Å²) < 4.78 is 6.97. The highest BCUT2D eigenvalue weighted by molar-refractivity contribution is 7.99. The molecule has 2 N–H and O–H groups in total. The molecule has 0 aliphatic rings. The molecule has 9 heteroatoms. The lowest BCUT2D eigenvalue weighted by Crippen LogP contribution is -2.32. The Labute approximate surface area is 193 Å². The van der Waals surface area contributed by atoms with Crippen LogP contribution >= 0.6 is 11.8 Å². The predicted molar refractivity (Wildman–Crippen MR) is 129 cm³/mol. The fraction of sp³-hybridized carbons (Fsp3) is 0.478.